The van der Waals surface area contributed by atoms with Crippen LogP contribution in [0, 0.1) is 35.5 Å². The summed E-state index contributed by atoms with van der Waals surface area (Å²) in [7, 11) is 0. The fourth-order valence-corrected chi connectivity index (χ4v) is 5.82. The van der Waals surface area contributed by atoms with Crippen LogP contribution >= 0.6 is 27.5 Å². The number of rotatable bonds is 3. The van der Waals surface area contributed by atoms with E-state index in [4.69, 9.17) is 11.6 Å². The molecule has 7 heteroatoms. The van der Waals surface area contributed by atoms with E-state index in [1.807, 2.05) is 0 Å². The quantitative estimate of drug-likeness (QED) is 0.586. The number of hydrogen-bond donors (Lipinski definition) is 1. The zero-order chi connectivity index (χ0) is 18.2. The number of nitrogens with one attached hydrogen (secondary N) is 1. The van der Waals surface area contributed by atoms with Crippen molar-refractivity contribution in [2.24, 2.45) is 35.5 Å². The molecular weight excluding hydrogens is 420 g/mol. The van der Waals surface area contributed by atoms with Gasteiger partial charge in [-0.2, -0.15) is 0 Å². The van der Waals surface area contributed by atoms with E-state index in [2.05, 4.69) is 33.4 Å². The molecule has 0 unspecified atom stereocenters. The van der Waals surface area contributed by atoms with Crippen molar-refractivity contribution in [3.05, 3.63) is 39.8 Å². The topological polar surface area (TPSA) is 66.5 Å². The second kappa shape index (κ2) is 5.67. The lowest BCUT2D eigenvalue weighted by molar-refractivity contribution is -0.142. The van der Waals surface area contributed by atoms with Gasteiger partial charge >= 0.3 is 0 Å². The van der Waals surface area contributed by atoms with Crippen molar-refractivity contribution in [2.75, 3.05) is 11.9 Å². The number of carbonyl (C=O) groups is 3. The summed E-state index contributed by atoms with van der Waals surface area (Å²) in [5, 5.41) is 3.08. The monoisotopic (exact) mass is 434 g/mol. The molecule has 1 aromatic rings. The standard InChI is InChI=1S/C19H16BrClN2O3/c20-8-1-4-14(13(21)5-8)22-15(24)7-23-18(25)16-9-2-3-10(12-6-11(9)12)17(16)19(23)26/h1-5,9-12,16-17H,6-7H2,(H,22,24)/t9-,10-,11-,12+,16+,17+/m0/s1. The van der Waals surface area contributed by atoms with E-state index in [1.165, 1.54) is 0 Å². The molecule has 0 aromatic heterocycles. The highest BCUT2D eigenvalue weighted by Crippen LogP contribution is 2.65. The van der Waals surface area contributed by atoms with Crippen molar-refractivity contribution in [3.63, 3.8) is 0 Å². The van der Waals surface area contributed by atoms with Crippen molar-refractivity contribution in [1.82, 2.24) is 4.90 Å². The molecule has 0 spiro atoms. The van der Waals surface area contributed by atoms with E-state index in [-0.39, 0.29) is 42.0 Å². The number of hydrogen-bond acceptors (Lipinski definition) is 3. The summed E-state index contributed by atoms with van der Waals surface area (Å²) in [6.07, 6.45) is 5.37. The molecule has 1 aromatic carbocycles. The van der Waals surface area contributed by atoms with Gasteiger partial charge in [0.2, 0.25) is 17.7 Å². The average Bonchev–Trinajstić information content (AvgIpc) is 3.39. The minimum atomic E-state index is -0.417. The van der Waals surface area contributed by atoms with E-state index in [9.17, 15) is 14.4 Å². The molecular formula is C19H16BrClN2O3. The Bertz CT molecular complexity index is 850. The number of carbonyl (C=O) groups excluding carboxylic acids is 3. The molecule has 1 aliphatic heterocycles. The molecule has 2 saturated carbocycles. The molecule has 3 amide bonds. The molecule has 6 atom stereocenters. The van der Waals surface area contributed by atoms with E-state index >= 15 is 0 Å². The highest BCUT2D eigenvalue weighted by atomic mass is 79.9. The first-order chi connectivity index (χ1) is 12.5. The smallest absolute Gasteiger partial charge is 0.244 e. The third-order valence-corrected chi connectivity index (χ3v) is 7.07. The summed E-state index contributed by atoms with van der Waals surface area (Å²) in [5.74, 6) is 0.0942. The summed E-state index contributed by atoms with van der Waals surface area (Å²) in [6.45, 7) is -0.258. The highest BCUT2D eigenvalue weighted by Gasteiger charge is 2.67. The molecule has 5 nitrogen and oxygen atoms in total. The van der Waals surface area contributed by atoms with Gasteiger partial charge in [-0.3, -0.25) is 19.3 Å². The summed E-state index contributed by atoms with van der Waals surface area (Å²) >= 11 is 9.42. The fraction of sp³-hybridized carbons (Fsp3) is 0.421. The summed E-state index contributed by atoms with van der Waals surface area (Å²) < 4.78 is 0.802. The van der Waals surface area contributed by atoms with Crippen molar-refractivity contribution in [1.29, 1.82) is 0 Å². The molecule has 1 saturated heterocycles. The lowest BCUT2D eigenvalue weighted by Gasteiger charge is -2.37. The SMILES string of the molecule is O=C(CN1C(=O)[C@@H]2[C@H]3C=C[C@@H]([C@@H]4C[C@H]34)[C@H]2C1=O)Nc1ccc(Br)cc1Cl. The summed E-state index contributed by atoms with van der Waals surface area (Å²) in [4.78, 5) is 39.3. The van der Waals surface area contributed by atoms with Crippen molar-refractivity contribution >= 4 is 50.9 Å². The predicted octanol–water partition coefficient (Wildman–Crippen LogP) is 3.09. The van der Waals surface area contributed by atoms with Crippen LogP contribution in [0.2, 0.25) is 5.02 Å². The van der Waals surface area contributed by atoms with Crippen LogP contribution in [-0.4, -0.2) is 29.2 Å². The maximum Gasteiger partial charge on any atom is 0.244 e. The Balaban J connectivity index is 1.33. The van der Waals surface area contributed by atoms with E-state index in [0.717, 1.165) is 15.8 Å². The number of allylic oxidation sites excluding steroid dienone is 2. The number of benzene rings is 1. The van der Waals surface area contributed by atoms with Gasteiger partial charge in [0.1, 0.15) is 6.54 Å². The Labute approximate surface area is 163 Å². The van der Waals surface area contributed by atoms with Crippen LogP contribution in [0.5, 0.6) is 0 Å². The Kier molecular flexibility index (Phi) is 3.60. The predicted molar refractivity (Wildman–Crippen MR) is 99.2 cm³/mol. The second-order valence-corrected chi connectivity index (χ2v) is 8.91. The molecule has 26 heavy (non-hydrogen) atoms. The van der Waals surface area contributed by atoms with Gasteiger partial charge in [0.25, 0.3) is 0 Å². The average molecular weight is 436 g/mol. The first kappa shape index (κ1) is 16.5. The molecule has 3 fully saturated rings. The van der Waals surface area contributed by atoms with Crippen molar-refractivity contribution < 1.29 is 14.4 Å². The van der Waals surface area contributed by atoms with Crippen LogP contribution in [0.25, 0.3) is 0 Å². The number of nitrogens with zero attached hydrogens (tertiary/aromatic N) is 1. The van der Waals surface area contributed by atoms with E-state index in [0.29, 0.717) is 22.5 Å². The lowest BCUT2D eigenvalue weighted by atomic mass is 9.63. The van der Waals surface area contributed by atoms with Crippen LogP contribution in [0.4, 0.5) is 5.69 Å². The van der Waals surface area contributed by atoms with Crippen molar-refractivity contribution in [2.45, 2.75) is 6.42 Å². The number of anilines is 1. The number of halogens is 2. The molecule has 2 bridgehead atoms. The third-order valence-electron chi connectivity index (χ3n) is 6.26. The zero-order valence-electron chi connectivity index (χ0n) is 13.7. The minimum Gasteiger partial charge on any atom is -0.323 e. The van der Waals surface area contributed by atoms with Gasteiger partial charge in [0.15, 0.2) is 0 Å². The highest BCUT2D eigenvalue weighted by molar-refractivity contribution is 9.10. The second-order valence-electron chi connectivity index (χ2n) is 7.59. The molecule has 4 aliphatic carbocycles. The first-order valence-corrected chi connectivity index (χ1v) is 9.91. The van der Waals surface area contributed by atoms with E-state index < -0.39 is 5.91 Å². The zero-order valence-corrected chi connectivity index (χ0v) is 16.0. The first-order valence-electron chi connectivity index (χ1n) is 8.74. The van der Waals surface area contributed by atoms with Gasteiger partial charge in [0, 0.05) is 4.47 Å². The number of imide groups is 1. The largest absolute Gasteiger partial charge is 0.323 e. The van der Waals surface area contributed by atoms with Crippen LogP contribution in [0.3, 0.4) is 0 Å². The Morgan fingerprint density at radius 1 is 1.15 bits per heavy atom. The summed E-state index contributed by atoms with van der Waals surface area (Å²) in [5.41, 5.74) is 0.458. The van der Waals surface area contributed by atoms with Crippen LogP contribution in [0.15, 0.2) is 34.8 Å². The third kappa shape index (κ3) is 2.31. The van der Waals surface area contributed by atoms with Gasteiger partial charge in [0.05, 0.1) is 22.5 Å². The van der Waals surface area contributed by atoms with Crippen LogP contribution in [-0.2, 0) is 14.4 Å². The maximum absolute atomic E-state index is 12.9. The van der Waals surface area contributed by atoms with Crippen LogP contribution < -0.4 is 5.32 Å². The number of amides is 3. The maximum atomic E-state index is 12.9. The normalized spacial score (nSPS) is 36.2. The Hall–Kier alpha value is -1.66. The minimum absolute atomic E-state index is 0.167. The summed E-state index contributed by atoms with van der Waals surface area (Å²) in [6, 6.07) is 5.11. The molecule has 0 radical (unpaired) electrons. The molecule has 134 valence electrons. The van der Waals surface area contributed by atoms with E-state index in [1.54, 1.807) is 18.2 Å². The molecule has 1 heterocycles. The van der Waals surface area contributed by atoms with Gasteiger partial charge in [-0.25, -0.2) is 0 Å². The number of likely N-dealkylation sites (tertiary alicyclic amines) is 1. The molecule has 6 rings (SSSR count). The molecule has 1 N–H and O–H groups in total. The Morgan fingerprint density at radius 3 is 2.35 bits per heavy atom. The van der Waals surface area contributed by atoms with Crippen LogP contribution in [0.1, 0.15) is 6.42 Å². The molecule has 5 aliphatic rings. The lowest BCUT2D eigenvalue weighted by Crippen LogP contribution is -2.40. The van der Waals surface area contributed by atoms with Crippen molar-refractivity contribution in [3.8, 4) is 0 Å². The Morgan fingerprint density at radius 2 is 1.77 bits per heavy atom. The van der Waals surface area contributed by atoms with Gasteiger partial charge < -0.3 is 5.32 Å². The van der Waals surface area contributed by atoms with Gasteiger partial charge in [-0.05, 0) is 48.3 Å². The fourth-order valence-electron chi connectivity index (χ4n) is 5.10. The van der Waals surface area contributed by atoms with Gasteiger partial charge in [-0.1, -0.05) is 39.7 Å². The van der Waals surface area contributed by atoms with Gasteiger partial charge in [-0.15, -0.1) is 0 Å².